The standard InChI is InChI=1S/C17H22ClN3O3.CH2O2/c1-20(2)11-12-9-17(16(23)24-12)4-7-21(8-5-17)15(22)13-3-6-19-10-14(13)18;2-1-3/h3,6,10,12H,4-5,7-9,11H2,1-2H3;1H,(H,2,3). The predicted molar refractivity (Wildman–Crippen MR) is 98.6 cm³/mol. The van der Waals surface area contributed by atoms with Crippen LogP contribution >= 0.6 is 11.6 Å². The van der Waals surface area contributed by atoms with Crippen molar-refractivity contribution in [2.24, 2.45) is 5.41 Å². The molecule has 0 bridgehead atoms. The van der Waals surface area contributed by atoms with E-state index in [0.717, 1.165) is 13.0 Å². The molecule has 1 spiro atoms. The molecule has 2 fully saturated rings. The van der Waals surface area contributed by atoms with E-state index in [1.807, 2.05) is 19.0 Å². The number of hydrogen-bond donors (Lipinski definition) is 1. The number of carbonyl (C=O) groups excluding carboxylic acids is 2. The van der Waals surface area contributed by atoms with Gasteiger partial charge in [0, 0.05) is 38.4 Å². The number of cyclic esters (lactones) is 1. The molecule has 2 aliphatic heterocycles. The van der Waals surface area contributed by atoms with Crippen LogP contribution in [0.3, 0.4) is 0 Å². The molecule has 148 valence electrons. The molecule has 1 aromatic rings. The number of rotatable bonds is 3. The maximum Gasteiger partial charge on any atom is 0.312 e. The molecule has 1 aromatic heterocycles. The van der Waals surface area contributed by atoms with Crippen molar-refractivity contribution >= 4 is 29.9 Å². The number of ether oxygens (including phenoxy) is 1. The number of aromatic nitrogens is 1. The smallest absolute Gasteiger partial charge is 0.312 e. The Hall–Kier alpha value is -2.19. The number of hydrogen-bond acceptors (Lipinski definition) is 6. The van der Waals surface area contributed by atoms with E-state index >= 15 is 0 Å². The van der Waals surface area contributed by atoms with Crippen LogP contribution in [0.15, 0.2) is 18.5 Å². The van der Waals surface area contributed by atoms with E-state index in [-0.39, 0.29) is 24.5 Å². The van der Waals surface area contributed by atoms with Crippen LogP contribution in [0, 0.1) is 5.41 Å². The molecule has 0 radical (unpaired) electrons. The topological polar surface area (TPSA) is 100 Å². The molecule has 0 saturated carbocycles. The van der Waals surface area contributed by atoms with Crippen molar-refractivity contribution in [3.63, 3.8) is 0 Å². The Bertz CT molecular complexity index is 689. The van der Waals surface area contributed by atoms with Crippen LogP contribution in [0.2, 0.25) is 5.02 Å². The zero-order chi connectivity index (χ0) is 20.0. The highest BCUT2D eigenvalue weighted by molar-refractivity contribution is 6.33. The van der Waals surface area contributed by atoms with E-state index in [1.165, 1.54) is 6.20 Å². The van der Waals surface area contributed by atoms with Gasteiger partial charge >= 0.3 is 5.97 Å². The Morgan fingerprint density at radius 2 is 2.11 bits per heavy atom. The third-order valence-corrected chi connectivity index (χ3v) is 5.21. The summed E-state index contributed by atoms with van der Waals surface area (Å²) in [7, 11) is 3.94. The monoisotopic (exact) mass is 397 g/mol. The minimum absolute atomic E-state index is 0.0515. The number of carbonyl (C=O) groups is 3. The molecule has 3 rings (SSSR count). The van der Waals surface area contributed by atoms with Crippen LogP contribution in [-0.4, -0.2) is 78.1 Å². The third kappa shape index (κ3) is 4.95. The quantitative estimate of drug-likeness (QED) is 0.609. The minimum atomic E-state index is -0.431. The third-order valence-electron chi connectivity index (χ3n) is 4.90. The summed E-state index contributed by atoms with van der Waals surface area (Å²) < 4.78 is 5.55. The van der Waals surface area contributed by atoms with Crippen LogP contribution in [-0.2, 0) is 14.3 Å². The SMILES string of the molecule is CN(C)CC1CC2(CCN(C(=O)c3ccncc3Cl)CC2)C(=O)O1.O=CO. The Kier molecular flexibility index (Phi) is 7.15. The van der Waals surface area contributed by atoms with E-state index in [1.54, 1.807) is 17.2 Å². The Morgan fingerprint density at radius 3 is 2.67 bits per heavy atom. The number of amides is 1. The summed E-state index contributed by atoms with van der Waals surface area (Å²) in [5.41, 5.74) is 0.0292. The predicted octanol–water partition coefficient (Wildman–Crippen LogP) is 1.54. The largest absolute Gasteiger partial charge is 0.483 e. The van der Waals surface area contributed by atoms with Gasteiger partial charge in [0.25, 0.3) is 12.4 Å². The van der Waals surface area contributed by atoms with Crippen molar-refractivity contribution in [2.75, 3.05) is 33.7 Å². The number of likely N-dealkylation sites (tertiary alicyclic amines) is 1. The van der Waals surface area contributed by atoms with Crippen molar-refractivity contribution in [1.82, 2.24) is 14.8 Å². The van der Waals surface area contributed by atoms with Gasteiger partial charge in [0.15, 0.2) is 0 Å². The lowest BCUT2D eigenvalue weighted by molar-refractivity contribution is -0.150. The molecular formula is C18H24ClN3O5. The van der Waals surface area contributed by atoms with Crippen molar-refractivity contribution < 1.29 is 24.2 Å². The fraction of sp³-hybridized carbons (Fsp3) is 0.556. The number of piperidine rings is 1. The highest BCUT2D eigenvalue weighted by Gasteiger charge is 2.50. The highest BCUT2D eigenvalue weighted by atomic mass is 35.5. The number of halogens is 1. The van der Waals surface area contributed by atoms with Gasteiger partial charge in [0.1, 0.15) is 6.10 Å². The summed E-state index contributed by atoms with van der Waals surface area (Å²) in [5.74, 6) is -0.211. The van der Waals surface area contributed by atoms with Gasteiger partial charge in [-0.05, 0) is 33.0 Å². The minimum Gasteiger partial charge on any atom is -0.483 e. The molecular weight excluding hydrogens is 374 g/mol. The van der Waals surface area contributed by atoms with E-state index in [4.69, 9.17) is 26.2 Å². The summed E-state index contributed by atoms with van der Waals surface area (Å²) in [5, 5.41) is 7.24. The Morgan fingerprint density at radius 1 is 1.48 bits per heavy atom. The first-order valence-electron chi connectivity index (χ1n) is 8.65. The Labute approximate surface area is 163 Å². The van der Waals surface area contributed by atoms with Gasteiger partial charge in [-0.25, -0.2) is 0 Å². The fourth-order valence-electron chi connectivity index (χ4n) is 3.61. The number of nitrogens with zero attached hydrogens (tertiary/aromatic N) is 3. The number of likely N-dealkylation sites (N-methyl/N-ethyl adjacent to an activating group) is 1. The lowest BCUT2D eigenvalue weighted by Gasteiger charge is -2.36. The van der Waals surface area contributed by atoms with Crippen LogP contribution in [0.4, 0.5) is 0 Å². The highest BCUT2D eigenvalue weighted by Crippen LogP contribution is 2.43. The molecule has 1 atom stereocenters. The first-order valence-corrected chi connectivity index (χ1v) is 9.03. The maximum absolute atomic E-state index is 12.6. The molecule has 1 amide bonds. The normalized spacial score (nSPS) is 20.8. The lowest BCUT2D eigenvalue weighted by atomic mass is 9.76. The van der Waals surface area contributed by atoms with E-state index < -0.39 is 5.41 Å². The van der Waals surface area contributed by atoms with Crippen molar-refractivity contribution in [3.8, 4) is 0 Å². The van der Waals surface area contributed by atoms with Gasteiger partial charge in [-0.1, -0.05) is 11.6 Å². The zero-order valence-electron chi connectivity index (χ0n) is 15.4. The van der Waals surface area contributed by atoms with Gasteiger partial charge in [0.05, 0.1) is 16.0 Å². The lowest BCUT2D eigenvalue weighted by Crippen LogP contribution is -2.45. The van der Waals surface area contributed by atoms with Crippen LogP contribution in [0.5, 0.6) is 0 Å². The average Bonchev–Trinajstić information content (AvgIpc) is 2.90. The number of esters is 1. The van der Waals surface area contributed by atoms with Gasteiger partial charge in [-0.3, -0.25) is 19.4 Å². The molecule has 8 nitrogen and oxygen atoms in total. The summed E-state index contributed by atoms with van der Waals surface area (Å²) in [6.45, 7) is 1.57. The van der Waals surface area contributed by atoms with Gasteiger partial charge in [-0.2, -0.15) is 0 Å². The van der Waals surface area contributed by atoms with Crippen molar-refractivity contribution in [2.45, 2.75) is 25.4 Å². The summed E-state index contributed by atoms with van der Waals surface area (Å²) in [4.78, 5) is 41.0. The number of carboxylic acid groups (broad SMARTS) is 1. The molecule has 1 unspecified atom stereocenters. The molecule has 0 aromatic carbocycles. The average molecular weight is 398 g/mol. The molecule has 9 heteroatoms. The molecule has 3 heterocycles. The second-order valence-corrected chi connectivity index (χ2v) is 7.43. The first-order chi connectivity index (χ1) is 12.8. The molecule has 1 N–H and O–H groups in total. The molecule has 2 saturated heterocycles. The fourth-order valence-corrected chi connectivity index (χ4v) is 3.81. The first kappa shape index (κ1) is 21.1. The van der Waals surface area contributed by atoms with Gasteiger partial charge in [0.2, 0.25) is 0 Å². The molecule has 0 aliphatic carbocycles. The zero-order valence-corrected chi connectivity index (χ0v) is 16.2. The second-order valence-electron chi connectivity index (χ2n) is 7.03. The summed E-state index contributed by atoms with van der Waals surface area (Å²) >= 11 is 6.06. The van der Waals surface area contributed by atoms with Gasteiger partial charge < -0.3 is 19.6 Å². The molecule has 2 aliphatic rings. The number of pyridine rings is 1. The van der Waals surface area contributed by atoms with E-state index in [2.05, 4.69) is 4.98 Å². The summed E-state index contributed by atoms with van der Waals surface area (Å²) in [6, 6.07) is 1.63. The Balaban J connectivity index is 0.000000817. The summed E-state index contributed by atoms with van der Waals surface area (Å²) in [6.07, 6.45) is 5.01. The maximum atomic E-state index is 12.6. The van der Waals surface area contributed by atoms with E-state index in [0.29, 0.717) is 36.5 Å². The van der Waals surface area contributed by atoms with E-state index in [9.17, 15) is 9.59 Å². The van der Waals surface area contributed by atoms with Gasteiger partial charge in [-0.15, -0.1) is 0 Å². The van der Waals surface area contributed by atoms with Crippen LogP contribution < -0.4 is 0 Å². The van der Waals surface area contributed by atoms with Crippen molar-refractivity contribution in [1.29, 1.82) is 0 Å². The van der Waals surface area contributed by atoms with Crippen LogP contribution in [0.25, 0.3) is 0 Å². The van der Waals surface area contributed by atoms with Crippen molar-refractivity contribution in [3.05, 3.63) is 29.0 Å². The van der Waals surface area contributed by atoms with Crippen LogP contribution in [0.1, 0.15) is 29.6 Å². The molecule has 27 heavy (non-hydrogen) atoms. The second kappa shape index (κ2) is 9.14.